The smallest absolute Gasteiger partial charge is 0.161 e. The van der Waals surface area contributed by atoms with Crippen molar-refractivity contribution in [3.8, 4) is 0 Å². The third-order valence-electron chi connectivity index (χ3n) is 6.75. The Bertz CT molecular complexity index is 1200. The number of ether oxygens (including phenoxy) is 5. The van der Waals surface area contributed by atoms with Crippen molar-refractivity contribution in [2.45, 2.75) is 57.5 Å². The second-order valence-electron chi connectivity index (χ2n) is 9.73. The van der Waals surface area contributed by atoms with Crippen LogP contribution in [0.3, 0.4) is 0 Å². The van der Waals surface area contributed by atoms with Crippen LogP contribution < -0.4 is 0 Å². The van der Waals surface area contributed by atoms with E-state index in [-0.39, 0.29) is 18.3 Å². The highest BCUT2D eigenvalue weighted by atomic mass is 16.7. The van der Waals surface area contributed by atoms with Gasteiger partial charge in [0.05, 0.1) is 39.1 Å². The Balaban J connectivity index is 1.28. The summed E-state index contributed by atoms with van der Waals surface area (Å²) in [7, 11) is 0. The summed E-state index contributed by atoms with van der Waals surface area (Å²) in [6.45, 7) is 2.31. The van der Waals surface area contributed by atoms with Crippen LogP contribution in [0.1, 0.15) is 28.7 Å². The molecule has 4 aromatic carbocycles. The van der Waals surface area contributed by atoms with Gasteiger partial charge in [-0.1, -0.05) is 121 Å². The minimum Gasteiger partial charge on any atom is -0.374 e. The Labute approximate surface area is 231 Å². The van der Waals surface area contributed by atoms with Gasteiger partial charge in [-0.05, 0) is 22.3 Å². The Kier molecular flexibility index (Phi) is 10.3. The molecule has 1 aliphatic heterocycles. The molecule has 1 heterocycles. The van der Waals surface area contributed by atoms with E-state index in [0.717, 1.165) is 22.3 Å². The first kappa shape index (κ1) is 27.3. The minimum absolute atomic E-state index is 0.202. The molecule has 0 N–H and O–H groups in total. The molecule has 0 saturated carbocycles. The lowest BCUT2D eigenvalue weighted by Gasteiger charge is -2.28. The highest BCUT2D eigenvalue weighted by Gasteiger charge is 2.42. The zero-order valence-electron chi connectivity index (χ0n) is 22.1. The average Bonchev–Trinajstić information content (AvgIpc) is 3.42. The lowest BCUT2D eigenvalue weighted by Crippen LogP contribution is -2.41. The Morgan fingerprint density at radius 3 is 1.56 bits per heavy atom. The summed E-state index contributed by atoms with van der Waals surface area (Å²) in [5.41, 5.74) is 4.44. The van der Waals surface area contributed by atoms with Gasteiger partial charge in [0.2, 0.25) is 0 Å². The zero-order valence-corrected chi connectivity index (χ0v) is 22.1. The minimum atomic E-state index is -0.395. The molecule has 0 amide bonds. The van der Waals surface area contributed by atoms with E-state index in [1.807, 2.05) is 72.8 Å². The molecule has 1 saturated heterocycles. The lowest BCUT2D eigenvalue weighted by molar-refractivity contribution is -0.186. The van der Waals surface area contributed by atoms with Crippen molar-refractivity contribution in [3.05, 3.63) is 144 Å². The largest absolute Gasteiger partial charge is 0.374 e. The van der Waals surface area contributed by atoms with Gasteiger partial charge in [0.25, 0.3) is 0 Å². The summed E-state index contributed by atoms with van der Waals surface area (Å²) >= 11 is 0. The predicted octanol–water partition coefficient (Wildman–Crippen LogP) is 6.71. The van der Waals surface area contributed by atoms with Gasteiger partial charge in [0.15, 0.2) is 6.29 Å². The standard InChI is InChI=1S/C34H36O5/c1-5-13-27(14-6-1)22-35-26-32(37-24-29-17-9-3-10-18-29)34-31(36-23-28-15-7-2-8-16-28)21-33(39-34)38-25-30-19-11-4-12-20-30/h1-20,31-34H,21-26H2/t31-,32?,33+,34+/m1/s1. The molecular formula is C34H36O5. The maximum Gasteiger partial charge on any atom is 0.161 e. The topological polar surface area (TPSA) is 46.2 Å². The maximum atomic E-state index is 6.49. The van der Waals surface area contributed by atoms with E-state index < -0.39 is 6.29 Å². The van der Waals surface area contributed by atoms with Gasteiger partial charge in [-0.2, -0.15) is 0 Å². The van der Waals surface area contributed by atoms with Crippen molar-refractivity contribution in [1.29, 1.82) is 0 Å². The molecule has 1 unspecified atom stereocenters. The van der Waals surface area contributed by atoms with Crippen molar-refractivity contribution in [3.63, 3.8) is 0 Å². The Morgan fingerprint density at radius 2 is 1.03 bits per heavy atom. The number of hydrogen-bond donors (Lipinski definition) is 0. The van der Waals surface area contributed by atoms with Crippen molar-refractivity contribution >= 4 is 0 Å². The second-order valence-corrected chi connectivity index (χ2v) is 9.73. The molecule has 0 radical (unpaired) electrons. The van der Waals surface area contributed by atoms with Crippen LogP contribution in [-0.4, -0.2) is 31.2 Å². The first-order valence-corrected chi connectivity index (χ1v) is 13.6. The summed E-state index contributed by atoms with van der Waals surface area (Å²) in [6.07, 6.45) is -0.650. The third-order valence-corrected chi connectivity index (χ3v) is 6.75. The molecule has 5 rings (SSSR count). The van der Waals surface area contributed by atoms with Crippen molar-refractivity contribution in [2.75, 3.05) is 6.61 Å². The van der Waals surface area contributed by atoms with Gasteiger partial charge in [-0.3, -0.25) is 0 Å². The SMILES string of the molecule is c1ccc(COCC(OCc2ccccc2)[C@H]2O[C@H](OCc3ccccc3)C[C@H]2OCc2ccccc2)cc1. The van der Waals surface area contributed by atoms with Gasteiger partial charge in [0, 0.05) is 6.42 Å². The van der Waals surface area contributed by atoms with Gasteiger partial charge in [0.1, 0.15) is 12.2 Å². The van der Waals surface area contributed by atoms with E-state index in [0.29, 0.717) is 39.5 Å². The molecule has 1 aliphatic rings. The normalized spacial score (nSPS) is 19.6. The van der Waals surface area contributed by atoms with Crippen molar-refractivity contribution in [2.24, 2.45) is 0 Å². The number of rotatable bonds is 14. The van der Waals surface area contributed by atoms with Crippen molar-refractivity contribution in [1.82, 2.24) is 0 Å². The van der Waals surface area contributed by atoms with E-state index in [4.69, 9.17) is 23.7 Å². The van der Waals surface area contributed by atoms with Crippen LogP contribution in [0.5, 0.6) is 0 Å². The van der Waals surface area contributed by atoms with E-state index in [9.17, 15) is 0 Å². The molecule has 0 aliphatic carbocycles. The molecule has 5 nitrogen and oxygen atoms in total. The molecule has 4 atom stereocenters. The fourth-order valence-electron chi connectivity index (χ4n) is 4.66. The van der Waals surface area contributed by atoms with Crippen LogP contribution in [0, 0.1) is 0 Å². The van der Waals surface area contributed by atoms with E-state index >= 15 is 0 Å². The molecule has 0 spiro atoms. The number of benzene rings is 4. The first-order valence-electron chi connectivity index (χ1n) is 13.6. The van der Waals surface area contributed by atoms with Crippen LogP contribution in [0.2, 0.25) is 0 Å². The van der Waals surface area contributed by atoms with Crippen LogP contribution in [0.4, 0.5) is 0 Å². The summed E-state index contributed by atoms with van der Waals surface area (Å²) in [4.78, 5) is 0. The maximum absolute atomic E-state index is 6.49. The van der Waals surface area contributed by atoms with Crippen LogP contribution in [-0.2, 0) is 50.1 Å². The highest BCUT2D eigenvalue weighted by Crippen LogP contribution is 2.30. The molecule has 1 fully saturated rings. The van der Waals surface area contributed by atoms with Gasteiger partial charge in [-0.15, -0.1) is 0 Å². The summed E-state index contributed by atoms with van der Waals surface area (Å²) in [5, 5.41) is 0. The van der Waals surface area contributed by atoms with Crippen molar-refractivity contribution < 1.29 is 23.7 Å². The molecule has 0 bridgehead atoms. The monoisotopic (exact) mass is 524 g/mol. The molecule has 4 aromatic rings. The quantitative estimate of drug-likeness (QED) is 0.184. The molecule has 0 aromatic heterocycles. The first-order chi connectivity index (χ1) is 19.3. The van der Waals surface area contributed by atoms with Crippen LogP contribution >= 0.6 is 0 Å². The summed E-state index contributed by atoms with van der Waals surface area (Å²) < 4.78 is 31.7. The summed E-state index contributed by atoms with van der Waals surface area (Å²) in [6, 6.07) is 40.7. The lowest BCUT2D eigenvalue weighted by atomic mass is 10.1. The summed E-state index contributed by atoms with van der Waals surface area (Å²) in [5.74, 6) is 0. The Morgan fingerprint density at radius 1 is 0.564 bits per heavy atom. The predicted molar refractivity (Wildman–Crippen MR) is 151 cm³/mol. The van der Waals surface area contributed by atoms with Gasteiger partial charge in [-0.25, -0.2) is 0 Å². The number of hydrogen-bond acceptors (Lipinski definition) is 5. The van der Waals surface area contributed by atoms with E-state index in [1.165, 1.54) is 0 Å². The van der Waals surface area contributed by atoms with Crippen LogP contribution in [0.15, 0.2) is 121 Å². The molecular weight excluding hydrogens is 488 g/mol. The Hall–Kier alpha value is -3.32. The van der Waals surface area contributed by atoms with Gasteiger partial charge >= 0.3 is 0 Å². The molecule has 202 valence electrons. The second kappa shape index (κ2) is 14.7. The fourth-order valence-corrected chi connectivity index (χ4v) is 4.66. The third kappa shape index (κ3) is 8.59. The molecule has 39 heavy (non-hydrogen) atoms. The fraction of sp³-hybridized carbons (Fsp3) is 0.294. The zero-order chi connectivity index (χ0) is 26.5. The highest BCUT2D eigenvalue weighted by molar-refractivity contribution is 5.16. The van der Waals surface area contributed by atoms with E-state index in [1.54, 1.807) is 0 Å². The average molecular weight is 525 g/mol. The van der Waals surface area contributed by atoms with E-state index in [2.05, 4.69) is 48.5 Å². The molecule has 5 heteroatoms. The van der Waals surface area contributed by atoms with Crippen LogP contribution in [0.25, 0.3) is 0 Å². The van der Waals surface area contributed by atoms with Gasteiger partial charge < -0.3 is 23.7 Å².